The number of carbonyl (C=O) groups is 2. The summed E-state index contributed by atoms with van der Waals surface area (Å²) in [6.45, 7) is 2.92. The van der Waals surface area contributed by atoms with Crippen LogP contribution in [-0.2, 0) is 4.79 Å². The Morgan fingerprint density at radius 3 is 3.05 bits per heavy atom. The Morgan fingerprint density at radius 1 is 1.53 bits per heavy atom. The van der Waals surface area contributed by atoms with Crippen LogP contribution in [0.5, 0.6) is 0 Å². The van der Waals surface area contributed by atoms with Gasteiger partial charge in [0.1, 0.15) is 0 Å². The second kappa shape index (κ2) is 6.31. The lowest BCUT2D eigenvalue weighted by molar-refractivity contribution is -0.118. The third kappa shape index (κ3) is 3.53. The summed E-state index contributed by atoms with van der Waals surface area (Å²) < 4.78 is 0. The number of aromatic nitrogens is 1. The molecule has 1 fully saturated rings. The van der Waals surface area contributed by atoms with E-state index in [2.05, 4.69) is 10.3 Å². The number of likely N-dealkylation sites (tertiary alicyclic amines) is 1. The van der Waals surface area contributed by atoms with E-state index < -0.39 is 0 Å². The molecule has 1 aromatic rings. The van der Waals surface area contributed by atoms with E-state index in [-0.39, 0.29) is 17.9 Å². The maximum absolute atomic E-state index is 12.4. The molecule has 5 heteroatoms. The zero-order valence-corrected chi connectivity index (χ0v) is 11.1. The predicted molar refractivity (Wildman–Crippen MR) is 71.6 cm³/mol. The molecule has 1 N–H and O–H groups in total. The molecule has 5 nitrogen and oxygen atoms in total. The van der Waals surface area contributed by atoms with Gasteiger partial charge in [0.25, 0.3) is 5.91 Å². The molecular weight excluding hydrogens is 242 g/mol. The third-order valence-electron chi connectivity index (χ3n) is 3.40. The van der Waals surface area contributed by atoms with Gasteiger partial charge in [0.05, 0.1) is 5.56 Å². The lowest BCUT2D eigenvalue weighted by atomic mass is 10.1. The highest BCUT2D eigenvalue weighted by Crippen LogP contribution is 2.21. The number of pyridine rings is 1. The predicted octanol–water partition coefficient (Wildman–Crippen LogP) is 1.21. The molecule has 0 saturated carbocycles. The van der Waals surface area contributed by atoms with Gasteiger partial charge in [-0.15, -0.1) is 0 Å². The topological polar surface area (TPSA) is 62.3 Å². The van der Waals surface area contributed by atoms with E-state index in [1.807, 2.05) is 4.90 Å². The number of amides is 2. The molecule has 102 valence electrons. The molecule has 0 aliphatic carbocycles. The molecular formula is C14H19N3O2. The van der Waals surface area contributed by atoms with E-state index in [0.29, 0.717) is 12.1 Å². The Balaban J connectivity index is 1.95. The van der Waals surface area contributed by atoms with Gasteiger partial charge < -0.3 is 10.2 Å². The summed E-state index contributed by atoms with van der Waals surface area (Å²) >= 11 is 0. The molecule has 0 bridgehead atoms. The van der Waals surface area contributed by atoms with E-state index in [1.54, 1.807) is 24.5 Å². The molecule has 1 saturated heterocycles. The maximum atomic E-state index is 12.4. The SMILES string of the molecule is CC(=O)NCC[C@@H]1CCCN1C(=O)c1cccnc1. The summed E-state index contributed by atoms with van der Waals surface area (Å²) in [5, 5.41) is 2.78. The Bertz CT molecular complexity index is 447. The van der Waals surface area contributed by atoms with Gasteiger partial charge in [0.15, 0.2) is 0 Å². The van der Waals surface area contributed by atoms with E-state index in [1.165, 1.54) is 6.92 Å². The normalized spacial score (nSPS) is 18.4. The van der Waals surface area contributed by atoms with Gasteiger partial charge in [-0.3, -0.25) is 14.6 Å². The molecule has 1 aliphatic rings. The molecule has 1 atom stereocenters. The summed E-state index contributed by atoms with van der Waals surface area (Å²) in [7, 11) is 0. The molecule has 19 heavy (non-hydrogen) atoms. The highest BCUT2D eigenvalue weighted by molar-refractivity contribution is 5.94. The summed E-state index contributed by atoms with van der Waals surface area (Å²) in [6.07, 6.45) is 6.11. The molecule has 2 heterocycles. The number of nitrogens with one attached hydrogen (secondary N) is 1. The van der Waals surface area contributed by atoms with Crippen LogP contribution in [0.1, 0.15) is 36.5 Å². The first-order chi connectivity index (χ1) is 9.18. The van der Waals surface area contributed by atoms with Crippen molar-refractivity contribution in [2.45, 2.75) is 32.2 Å². The van der Waals surface area contributed by atoms with Crippen LogP contribution in [0.25, 0.3) is 0 Å². The van der Waals surface area contributed by atoms with Gasteiger partial charge >= 0.3 is 0 Å². The van der Waals surface area contributed by atoms with E-state index in [0.717, 1.165) is 25.8 Å². The zero-order chi connectivity index (χ0) is 13.7. The number of hydrogen-bond acceptors (Lipinski definition) is 3. The van der Waals surface area contributed by atoms with Gasteiger partial charge in [-0.25, -0.2) is 0 Å². The first kappa shape index (κ1) is 13.5. The first-order valence-corrected chi connectivity index (χ1v) is 6.64. The largest absolute Gasteiger partial charge is 0.356 e. The standard InChI is InChI=1S/C14H19N3O2/c1-11(18)16-8-6-13-5-3-9-17(13)14(19)12-4-2-7-15-10-12/h2,4,7,10,13H,3,5-6,8-9H2,1H3,(H,16,18)/t13-/m0/s1. The van der Waals surface area contributed by atoms with Crippen molar-refractivity contribution < 1.29 is 9.59 Å². The van der Waals surface area contributed by atoms with Crippen LogP contribution in [0.3, 0.4) is 0 Å². The van der Waals surface area contributed by atoms with Crippen LogP contribution in [0.2, 0.25) is 0 Å². The molecule has 1 aliphatic heterocycles. The van der Waals surface area contributed by atoms with Crippen LogP contribution in [0, 0.1) is 0 Å². The lowest BCUT2D eigenvalue weighted by Gasteiger charge is -2.24. The minimum Gasteiger partial charge on any atom is -0.356 e. The number of carbonyl (C=O) groups excluding carboxylic acids is 2. The minimum absolute atomic E-state index is 0.0249. The van der Waals surface area contributed by atoms with Crippen molar-refractivity contribution in [3.8, 4) is 0 Å². The quantitative estimate of drug-likeness (QED) is 0.886. The van der Waals surface area contributed by atoms with Gasteiger partial charge in [-0.1, -0.05) is 0 Å². The fraction of sp³-hybridized carbons (Fsp3) is 0.500. The van der Waals surface area contributed by atoms with Gasteiger partial charge in [0.2, 0.25) is 5.91 Å². The molecule has 0 unspecified atom stereocenters. The Morgan fingerprint density at radius 2 is 2.37 bits per heavy atom. The van der Waals surface area contributed by atoms with E-state index >= 15 is 0 Å². The second-order valence-corrected chi connectivity index (χ2v) is 4.81. The molecule has 0 spiro atoms. The van der Waals surface area contributed by atoms with Crippen molar-refractivity contribution in [1.82, 2.24) is 15.2 Å². The third-order valence-corrected chi connectivity index (χ3v) is 3.40. The first-order valence-electron chi connectivity index (χ1n) is 6.64. The number of rotatable bonds is 4. The minimum atomic E-state index is -0.0249. The monoisotopic (exact) mass is 261 g/mol. The van der Waals surface area contributed by atoms with Gasteiger partial charge in [-0.05, 0) is 31.4 Å². The Kier molecular flexibility index (Phi) is 4.49. The van der Waals surface area contributed by atoms with E-state index in [9.17, 15) is 9.59 Å². The van der Waals surface area contributed by atoms with Crippen LogP contribution >= 0.6 is 0 Å². The number of nitrogens with zero attached hydrogens (tertiary/aromatic N) is 2. The maximum Gasteiger partial charge on any atom is 0.255 e. The smallest absolute Gasteiger partial charge is 0.255 e. The highest BCUT2D eigenvalue weighted by atomic mass is 16.2. The fourth-order valence-corrected chi connectivity index (χ4v) is 2.47. The van der Waals surface area contributed by atoms with Crippen molar-refractivity contribution >= 4 is 11.8 Å². The van der Waals surface area contributed by atoms with Crippen molar-refractivity contribution in [3.05, 3.63) is 30.1 Å². The van der Waals surface area contributed by atoms with Crippen molar-refractivity contribution in [3.63, 3.8) is 0 Å². The van der Waals surface area contributed by atoms with Gasteiger partial charge in [0, 0.05) is 38.4 Å². The van der Waals surface area contributed by atoms with Crippen molar-refractivity contribution in [2.24, 2.45) is 0 Å². The Hall–Kier alpha value is -1.91. The Labute approximate surface area is 113 Å². The lowest BCUT2D eigenvalue weighted by Crippen LogP contribution is -2.37. The highest BCUT2D eigenvalue weighted by Gasteiger charge is 2.28. The molecule has 0 aromatic carbocycles. The average molecular weight is 261 g/mol. The van der Waals surface area contributed by atoms with Gasteiger partial charge in [-0.2, -0.15) is 0 Å². The fourth-order valence-electron chi connectivity index (χ4n) is 2.47. The second-order valence-electron chi connectivity index (χ2n) is 4.81. The summed E-state index contributed by atoms with van der Waals surface area (Å²) in [5.74, 6) is 0.0153. The molecule has 2 rings (SSSR count). The van der Waals surface area contributed by atoms with Crippen molar-refractivity contribution in [1.29, 1.82) is 0 Å². The summed E-state index contributed by atoms with van der Waals surface area (Å²) in [6, 6.07) is 3.79. The van der Waals surface area contributed by atoms with Crippen molar-refractivity contribution in [2.75, 3.05) is 13.1 Å². The average Bonchev–Trinajstić information content (AvgIpc) is 2.87. The summed E-state index contributed by atoms with van der Waals surface area (Å²) in [4.78, 5) is 29.1. The molecule has 1 aromatic heterocycles. The number of hydrogen-bond donors (Lipinski definition) is 1. The van der Waals surface area contributed by atoms with E-state index in [4.69, 9.17) is 0 Å². The zero-order valence-electron chi connectivity index (χ0n) is 11.1. The van der Waals surface area contributed by atoms with Crippen LogP contribution in [-0.4, -0.2) is 40.8 Å². The molecule has 0 radical (unpaired) electrons. The van der Waals surface area contributed by atoms with Crippen LogP contribution < -0.4 is 5.32 Å². The van der Waals surface area contributed by atoms with Crippen LogP contribution in [0.4, 0.5) is 0 Å². The molecule has 2 amide bonds. The van der Waals surface area contributed by atoms with Crippen LogP contribution in [0.15, 0.2) is 24.5 Å². The summed E-state index contributed by atoms with van der Waals surface area (Å²) in [5.41, 5.74) is 0.633.